The summed E-state index contributed by atoms with van der Waals surface area (Å²) < 4.78 is 14.7. The van der Waals surface area contributed by atoms with Crippen LogP contribution in [-0.4, -0.2) is 28.9 Å². The minimum Gasteiger partial charge on any atom is -0.480 e. The fourth-order valence-electron chi connectivity index (χ4n) is 4.58. The highest BCUT2D eigenvalue weighted by Crippen LogP contribution is 2.59. The van der Waals surface area contributed by atoms with Gasteiger partial charge in [0.05, 0.1) is 26.7 Å². The molecule has 1 unspecified atom stereocenters. The third-order valence-corrected chi connectivity index (χ3v) is 7.15. The van der Waals surface area contributed by atoms with E-state index in [1.54, 1.807) is 42.5 Å². The molecule has 178 valence electrons. The fraction of sp³-hybridized carbons (Fsp3) is 0.192. The smallest absolute Gasteiger partial charge is 0.326 e. The van der Waals surface area contributed by atoms with E-state index in [9.17, 15) is 23.9 Å². The predicted octanol–water partition coefficient (Wildman–Crippen LogP) is 5.27. The molecule has 2 N–H and O–H groups in total. The van der Waals surface area contributed by atoms with Crippen molar-refractivity contribution in [2.45, 2.75) is 30.7 Å². The first kappa shape index (κ1) is 23.3. The zero-order chi connectivity index (χ0) is 24.9. The maximum Gasteiger partial charge on any atom is 0.326 e. The molecule has 3 aromatic carbocycles. The molecule has 1 atom stereocenters. The number of benzene rings is 3. The number of nitrogens with one attached hydrogen (secondary N) is 1. The van der Waals surface area contributed by atoms with Crippen LogP contribution < -0.4 is 10.2 Å². The van der Waals surface area contributed by atoms with Crippen molar-refractivity contribution in [3.8, 4) is 0 Å². The molecule has 3 aromatic rings. The van der Waals surface area contributed by atoms with Crippen molar-refractivity contribution in [2.75, 3.05) is 4.90 Å². The Kier molecular flexibility index (Phi) is 5.77. The molecular weight excluding hydrogens is 494 g/mol. The van der Waals surface area contributed by atoms with Crippen LogP contribution in [0.4, 0.5) is 15.8 Å². The lowest BCUT2D eigenvalue weighted by molar-refractivity contribution is -0.139. The number of hydrogen-bond acceptors (Lipinski definition) is 3. The number of anilines is 2. The van der Waals surface area contributed by atoms with Gasteiger partial charge < -0.3 is 10.4 Å². The molecule has 1 aliphatic heterocycles. The van der Waals surface area contributed by atoms with Crippen molar-refractivity contribution < 1.29 is 23.9 Å². The van der Waals surface area contributed by atoms with Gasteiger partial charge in [-0.05, 0) is 54.3 Å². The first-order valence-electron chi connectivity index (χ1n) is 10.9. The first-order valence-corrected chi connectivity index (χ1v) is 11.7. The molecule has 2 amide bonds. The van der Waals surface area contributed by atoms with Crippen LogP contribution in [0.5, 0.6) is 0 Å². The van der Waals surface area contributed by atoms with Gasteiger partial charge in [0, 0.05) is 12.1 Å². The molecule has 35 heavy (non-hydrogen) atoms. The highest BCUT2D eigenvalue weighted by molar-refractivity contribution is 6.39. The van der Waals surface area contributed by atoms with E-state index in [2.05, 4.69) is 5.32 Å². The molecule has 1 spiro atoms. The lowest BCUT2D eigenvalue weighted by Crippen LogP contribution is -2.42. The highest BCUT2D eigenvalue weighted by Gasteiger charge is 2.60. The maximum absolute atomic E-state index is 14.7. The minimum atomic E-state index is -1.25. The van der Waals surface area contributed by atoms with Gasteiger partial charge in [0.2, 0.25) is 5.91 Å². The van der Waals surface area contributed by atoms with Crippen LogP contribution in [-0.2, 0) is 21.4 Å². The van der Waals surface area contributed by atoms with Crippen LogP contribution >= 0.6 is 23.2 Å². The van der Waals surface area contributed by atoms with Gasteiger partial charge in [-0.25, -0.2) is 9.18 Å². The maximum atomic E-state index is 14.7. The quantitative estimate of drug-likeness (QED) is 0.471. The van der Waals surface area contributed by atoms with E-state index in [1.807, 2.05) is 0 Å². The molecule has 1 aliphatic carbocycles. The summed E-state index contributed by atoms with van der Waals surface area (Å²) in [5.41, 5.74) is 1.43. The van der Waals surface area contributed by atoms with Crippen molar-refractivity contribution in [1.82, 2.24) is 5.32 Å². The number of carboxylic acid groups (broad SMARTS) is 1. The Morgan fingerprint density at radius 3 is 2.26 bits per heavy atom. The number of aliphatic carboxylic acids is 1. The van der Waals surface area contributed by atoms with E-state index in [0.29, 0.717) is 29.7 Å². The Morgan fingerprint density at radius 1 is 1.03 bits per heavy atom. The molecule has 1 saturated carbocycles. The number of carboxylic acids is 1. The monoisotopic (exact) mass is 512 g/mol. The second kappa shape index (κ2) is 8.66. The second-order valence-corrected chi connectivity index (χ2v) is 9.50. The van der Waals surface area contributed by atoms with E-state index in [-0.39, 0.29) is 33.6 Å². The Morgan fingerprint density at radius 2 is 1.66 bits per heavy atom. The SMILES string of the molecule is O=C(NC(Cc1ccc(N2C(=O)C3(CC3)c3cccc(F)c32)cc1)C(=O)O)c1c(Cl)cccc1Cl. The third-order valence-electron chi connectivity index (χ3n) is 6.52. The average Bonchev–Trinajstić information content (AvgIpc) is 3.58. The molecule has 5 rings (SSSR count). The molecule has 0 radical (unpaired) electrons. The van der Waals surface area contributed by atoms with Gasteiger partial charge >= 0.3 is 5.97 Å². The molecule has 1 fully saturated rings. The summed E-state index contributed by atoms with van der Waals surface area (Å²) in [7, 11) is 0. The van der Waals surface area contributed by atoms with Crippen molar-refractivity contribution in [2.24, 2.45) is 0 Å². The van der Waals surface area contributed by atoms with Gasteiger partial charge in [-0.2, -0.15) is 0 Å². The fourth-order valence-corrected chi connectivity index (χ4v) is 5.15. The number of carbonyl (C=O) groups excluding carboxylic acids is 2. The number of halogens is 3. The average molecular weight is 513 g/mol. The van der Waals surface area contributed by atoms with Crippen molar-refractivity contribution >= 4 is 52.4 Å². The molecule has 0 aromatic heterocycles. The zero-order valence-electron chi connectivity index (χ0n) is 18.2. The second-order valence-electron chi connectivity index (χ2n) is 8.69. The van der Waals surface area contributed by atoms with Crippen LogP contribution in [0.2, 0.25) is 10.0 Å². The molecule has 2 aliphatic rings. The van der Waals surface area contributed by atoms with Crippen LogP contribution in [0.1, 0.15) is 34.3 Å². The minimum absolute atomic E-state index is 0.000302. The number of carbonyl (C=O) groups is 3. The van der Waals surface area contributed by atoms with E-state index >= 15 is 0 Å². The van der Waals surface area contributed by atoms with Gasteiger partial charge in [-0.1, -0.05) is 53.5 Å². The Bertz CT molecular complexity index is 1350. The predicted molar refractivity (Wildman–Crippen MR) is 130 cm³/mol. The molecule has 0 saturated heterocycles. The molecule has 9 heteroatoms. The lowest BCUT2D eigenvalue weighted by atomic mass is 9.98. The van der Waals surface area contributed by atoms with Crippen molar-refractivity contribution in [3.63, 3.8) is 0 Å². The number of fused-ring (bicyclic) bond motifs is 2. The topological polar surface area (TPSA) is 86.7 Å². The lowest BCUT2D eigenvalue weighted by Gasteiger charge is -2.20. The van der Waals surface area contributed by atoms with Crippen LogP contribution in [0, 0.1) is 5.82 Å². The van der Waals surface area contributed by atoms with Crippen LogP contribution in [0.25, 0.3) is 0 Å². The van der Waals surface area contributed by atoms with E-state index in [4.69, 9.17) is 23.2 Å². The Labute approximate surface area is 210 Å². The number of rotatable bonds is 6. The molecular formula is C26H19Cl2FN2O4. The molecule has 6 nitrogen and oxygen atoms in total. The Hall–Kier alpha value is -3.42. The summed E-state index contributed by atoms with van der Waals surface area (Å²) in [6.45, 7) is 0. The summed E-state index contributed by atoms with van der Waals surface area (Å²) >= 11 is 12.1. The Balaban J connectivity index is 1.37. The normalized spacial score (nSPS) is 16.2. The molecule has 0 bridgehead atoms. The first-order chi connectivity index (χ1) is 16.7. The van der Waals surface area contributed by atoms with Crippen molar-refractivity contribution in [3.05, 3.63) is 93.2 Å². The van der Waals surface area contributed by atoms with Crippen LogP contribution in [0.3, 0.4) is 0 Å². The van der Waals surface area contributed by atoms with Gasteiger partial charge in [0.25, 0.3) is 5.91 Å². The summed E-state index contributed by atoms with van der Waals surface area (Å²) in [6, 6.07) is 14.7. The van der Waals surface area contributed by atoms with Gasteiger partial charge in [-0.15, -0.1) is 0 Å². The summed E-state index contributed by atoms with van der Waals surface area (Å²) in [5.74, 6) is -2.55. The third kappa shape index (κ3) is 3.94. The van der Waals surface area contributed by atoms with Gasteiger partial charge in [0.1, 0.15) is 11.9 Å². The standard InChI is InChI=1S/C26H19Cl2FN2O4/c27-17-4-2-5-18(28)21(17)23(32)30-20(24(33)34)13-14-7-9-15(10-8-14)31-22-16(3-1-6-19(22)29)26(11-12-26)25(31)35/h1-10,20H,11-13H2,(H,30,32)(H,33,34). The summed E-state index contributed by atoms with van der Waals surface area (Å²) in [6.07, 6.45) is 1.35. The van der Waals surface area contributed by atoms with Crippen LogP contribution in [0.15, 0.2) is 60.7 Å². The van der Waals surface area contributed by atoms with Gasteiger partial charge in [0.15, 0.2) is 0 Å². The summed E-state index contributed by atoms with van der Waals surface area (Å²) in [4.78, 5) is 39.1. The zero-order valence-corrected chi connectivity index (χ0v) is 19.7. The van der Waals surface area contributed by atoms with Gasteiger partial charge in [-0.3, -0.25) is 14.5 Å². The number of para-hydroxylation sites is 1. The molecule has 1 heterocycles. The van der Waals surface area contributed by atoms with E-state index in [0.717, 1.165) is 0 Å². The van der Waals surface area contributed by atoms with E-state index in [1.165, 1.54) is 23.1 Å². The highest BCUT2D eigenvalue weighted by atomic mass is 35.5. The number of hydrogen-bond donors (Lipinski definition) is 2. The number of amides is 2. The van der Waals surface area contributed by atoms with Crippen molar-refractivity contribution in [1.29, 1.82) is 0 Å². The van der Waals surface area contributed by atoms with E-state index < -0.39 is 29.2 Å². The largest absolute Gasteiger partial charge is 0.480 e. The number of nitrogens with zero attached hydrogens (tertiary/aromatic N) is 1. The summed E-state index contributed by atoms with van der Waals surface area (Å²) in [5, 5.41) is 12.3.